The topological polar surface area (TPSA) is 49.3 Å². The lowest BCUT2D eigenvalue weighted by atomic mass is 10.0. The zero-order valence-electron chi connectivity index (χ0n) is 11.3. The maximum atomic E-state index is 12.2. The van der Waals surface area contributed by atoms with Crippen LogP contribution in [0, 0.1) is 0 Å². The molecule has 1 aliphatic heterocycles. The first-order chi connectivity index (χ1) is 9.15. The monoisotopic (exact) mass is 302 g/mol. The van der Waals surface area contributed by atoms with E-state index >= 15 is 0 Å². The van der Waals surface area contributed by atoms with Gasteiger partial charge in [-0.1, -0.05) is 25.2 Å². The van der Waals surface area contributed by atoms with Crippen molar-refractivity contribution in [3.05, 3.63) is 9.47 Å². The molecule has 1 aromatic heterocycles. The molecule has 0 unspecified atom stereocenters. The second kappa shape index (κ2) is 6.63. The van der Waals surface area contributed by atoms with E-state index in [2.05, 4.69) is 28.9 Å². The van der Waals surface area contributed by atoms with Gasteiger partial charge in [0, 0.05) is 19.1 Å². The zero-order valence-corrected chi connectivity index (χ0v) is 12.9. The Labute approximate surface area is 122 Å². The molecule has 1 aromatic rings. The molecule has 1 fully saturated rings. The number of hydrogen-bond acceptors (Lipinski definition) is 5. The van der Waals surface area contributed by atoms with Gasteiger partial charge in [-0.25, -0.2) is 0 Å². The maximum absolute atomic E-state index is 12.2. The molecule has 1 aliphatic rings. The van der Waals surface area contributed by atoms with Gasteiger partial charge >= 0.3 is 0 Å². The van der Waals surface area contributed by atoms with Crippen LogP contribution in [0.1, 0.15) is 36.5 Å². The quantitative estimate of drug-likeness (QED) is 0.855. The fourth-order valence-corrected chi connectivity index (χ4v) is 3.40. The minimum atomic E-state index is -0.0394. The Morgan fingerprint density at radius 2 is 2.00 bits per heavy atom. The van der Waals surface area contributed by atoms with Crippen LogP contribution in [0.15, 0.2) is 0 Å². The smallest absolute Gasteiger partial charge is 0.284 e. The molecule has 19 heavy (non-hydrogen) atoms. The Hall–Kier alpha value is -0.720. The largest absolute Gasteiger partial charge is 0.336 e. The SMILES string of the molecule is CCN(CC)C1CCN(C(=O)c2nnc(Cl)s2)CC1. The highest BCUT2D eigenvalue weighted by atomic mass is 35.5. The first-order valence-electron chi connectivity index (χ1n) is 6.68. The summed E-state index contributed by atoms with van der Waals surface area (Å²) in [5.41, 5.74) is 0. The number of aromatic nitrogens is 2. The third-order valence-corrected chi connectivity index (χ3v) is 4.67. The third-order valence-electron chi connectivity index (χ3n) is 3.66. The predicted octanol–water partition coefficient (Wildman–Crippen LogP) is 2.14. The molecule has 7 heteroatoms. The Morgan fingerprint density at radius 3 is 2.47 bits per heavy atom. The van der Waals surface area contributed by atoms with Crippen molar-refractivity contribution in [3.8, 4) is 0 Å². The van der Waals surface area contributed by atoms with Crippen LogP contribution in [0.5, 0.6) is 0 Å². The fourth-order valence-electron chi connectivity index (χ4n) is 2.60. The van der Waals surface area contributed by atoms with Gasteiger partial charge in [0.25, 0.3) is 5.91 Å². The van der Waals surface area contributed by atoms with Crippen LogP contribution < -0.4 is 0 Å². The van der Waals surface area contributed by atoms with Crippen LogP contribution >= 0.6 is 22.9 Å². The van der Waals surface area contributed by atoms with Gasteiger partial charge < -0.3 is 9.80 Å². The molecule has 0 atom stereocenters. The zero-order chi connectivity index (χ0) is 13.8. The average Bonchev–Trinajstić information content (AvgIpc) is 2.87. The molecule has 2 heterocycles. The van der Waals surface area contributed by atoms with Gasteiger partial charge in [-0.2, -0.15) is 0 Å². The first kappa shape index (κ1) is 14.7. The lowest BCUT2D eigenvalue weighted by molar-refractivity contribution is 0.0630. The number of likely N-dealkylation sites (tertiary alicyclic amines) is 1. The number of carbonyl (C=O) groups excluding carboxylic acids is 1. The summed E-state index contributed by atoms with van der Waals surface area (Å²) in [5.74, 6) is -0.0394. The van der Waals surface area contributed by atoms with Crippen molar-refractivity contribution in [1.29, 1.82) is 0 Å². The van der Waals surface area contributed by atoms with Gasteiger partial charge in [-0.15, -0.1) is 10.2 Å². The Bertz CT molecular complexity index is 427. The van der Waals surface area contributed by atoms with Gasteiger partial charge in [-0.05, 0) is 37.5 Å². The molecule has 0 N–H and O–H groups in total. The van der Waals surface area contributed by atoms with Crippen LogP contribution in [0.4, 0.5) is 0 Å². The molecule has 5 nitrogen and oxygen atoms in total. The van der Waals surface area contributed by atoms with Crippen molar-refractivity contribution in [2.24, 2.45) is 0 Å². The number of hydrogen-bond donors (Lipinski definition) is 0. The van der Waals surface area contributed by atoms with Gasteiger partial charge in [-0.3, -0.25) is 4.79 Å². The highest BCUT2D eigenvalue weighted by Crippen LogP contribution is 2.21. The number of halogens is 1. The maximum Gasteiger partial charge on any atom is 0.284 e. The number of amides is 1. The summed E-state index contributed by atoms with van der Waals surface area (Å²) in [4.78, 5) is 16.5. The minimum Gasteiger partial charge on any atom is -0.336 e. The predicted molar refractivity (Wildman–Crippen MR) is 76.8 cm³/mol. The molecule has 0 aromatic carbocycles. The Morgan fingerprint density at radius 1 is 1.37 bits per heavy atom. The van der Waals surface area contributed by atoms with Gasteiger partial charge in [0.15, 0.2) is 0 Å². The third kappa shape index (κ3) is 3.43. The van der Waals surface area contributed by atoms with Crippen molar-refractivity contribution in [1.82, 2.24) is 20.0 Å². The average molecular weight is 303 g/mol. The van der Waals surface area contributed by atoms with Gasteiger partial charge in [0.05, 0.1) is 0 Å². The Kier molecular flexibility index (Phi) is 5.13. The molecule has 0 saturated carbocycles. The second-order valence-electron chi connectivity index (χ2n) is 4.60. The molecule has 0 aliphatic carbocycles. The van der Waals surface area contributed by atoms with E-state index < -0.39 is 0 Å². The summed E-state index contributed by atoms with van der Waals surface area (Å²) in [7, 11) is 0. The summed E-state index contributed by atoms with van der Waals surface area (Å²) in [6.07, 6.45) is 2.06. The molecule has 2 rings (SSSR count). The van der Waals surface area contributed by atoms with Gasteiger partial charge in [0.2, 0.25) is 9.47 Å². The number of piperidine rings is 1. The molecular weight excluding hydrogens is 284 g/mol. The summed E-state index contributed by atoms with van der Waals surface area (Å²) >= 11 is 6.86. The van der Waals surface area contributed by atoms with Crippen LogP contribution in [0.3, 0.4) is 0 Å². The van der Waals surface area contributed by atoms with E-state index in [1.165, 1.54) is 0 Å². The summed E-state index contributed by atoms with van der Waals surface area (Å²) in [5, 5.41) is 7.89. The first-order valence-corrected chi connectivity index (χ1v) is 7.87. The van der Waals surface area contributed by atoms with E-state index in [4.69, 9.17) is 11.6 Å². The minimum absolute atomic E-state index is 0.0394. The number of nitrogens with zero attached hydrogens (tertiary/aromatic N) is 4. The van der Waals surface area contributed by atoms with E-state index in [-0.39, 0.29) is 5.91 Å². The molecule has 106 valence electrons. The summed E-state index contributed by atoms with van der Waals surface area (Å²) in [6, 6.07) is 0.594. The molecule has 1 amide bonds. The Balaban J connectivity index is 1.91. The van der Waals surface area contributed by atoms with Crippen LogP contribution in [-0.4, -0.2) is 58.1 Å². The fraction of sp³-hybridized carbons (Fsp3) is 0.750. The van der Waals surface area contributed by atoms with Crippen LogP contribution in [0.25, 0.3) is 0 Å². The number of rotatable bonds is 4. The molecule has 0 radical (unpaired) electrons. The van der Waals surface area contributed by atoms with Crippen molar-refractivity contribution in [3.63, 3.8) is 0 Å². The second-order valence-corrected chi connectivity index (χ2v) is 6.16. The van der Waals surface area contributed by atoms with E-state index in [0.29, 0.717) is 15.5 Å². The van der Waals surface area contributed by atoms with E-state index in [9.17, 15) is 4.79 Å². The lowest BCUT2D eigenvalue weighted by Gasteiger charge is -2.37. The lowest BCUT2D eigenvalue weighted by Crippen LogP contribution is -2.46. The normalized spacial score (nSPS) is 17.2. The molecule has 1 saturated heterocycles. The van der Waals surface area contributed by atoms with E-state index in [1.54, 1.807) is 0 Å². The summed E-state index contributed by atoms with van der Waals surface area (Å²) in [6.45, 7) is 8.09. The van der Waals surface area contributed by atoms with Crippen molar-refractivity contribution < 1.29 is 4.79 Å². The van der Waals surface area contributed by atoms with Gasteiger partial charge in [0.1, 0.15) is 0 Å². The van der Waals surface area contributed by atoms with Crippen molar-refractivity contribution in [2.45, 2.75) is 32.7 Å². The van der Waals surface area contributed by atoms with Crippen LogP contribution in [-0.2, 0) is 0 Å². The highest BCUT2D eigenvalue weighted by Gasteiger charge is 2.27. The molecular formula is C12H19ClN4OS. The van der Waals surface area contributed by atoms with Crippen LogP contribution in [0.2, 0.25) is 4.47 Å². The highest BCUT2D eigenvalue weighted by molar-refractivity contribution is 7.17. The van der Waals surface area contributed by atoms with E-state index in [0.717, 1.165) is 50.4 Å². The van der Waals surface area contributed by atoms with Crippen molar-refractivity contribution in [2.75, 3.05) is 26.2 Å². The number of carbonyl (C=O) groups is 1. The van der Waals surface area contributed by atoms with E-state index in [1.807, 2.05) is 4.90 Å². The summed E-state index contributed by atoms with van der Waals surface area (Å²) < 4.78 is 0.321. The van der Waals surface area contributed by atoms with Crippen molar-refractivity contribution >= 4 is 28.8 Å². The molecule has 0 bridgehead atoms. The molecule has 0 spiro atoms. The standard InChI is InChI=1S/C12H19ClN4OS/c1-3-16(4-2)9-5-7-17(8-6-9)11(18)10-14-15-12(13)19-10/h9H,3-8H2,1-2H3.